The lowest BCUT2D eigenvalue weighted by molar-refractivity contribution is 0.921. The normalized spacial score (nSPS) is 11.2. The molecule has 2 rings (SSSR count). The number of nitrogens with zero attached hydrogens (tertiary/aromatic N) is 1. The molecular formula is C15H13NS2. The molecule has 0 heterocycles. The summed E-state index contributed by atoms with van der Waals surface area (Å²) in [6.07, 6.45) is 0. The van der Waals surface area contributed by atoms with Crippen LogP contribution in [0.4, 0.5) is 0 Å². The van der Waals surface area contributed by atoms with Gasteiger partial charge in [-0.3, -0.25) is 0 Å². The summed E-state index contributed by atoms with van der Waals surface area (Å²) < 4.78 is 0.284. The Balaban J connectivity index is 2.43. The number of hydrogen-bond donors (Lipinski definition) is 0. The monoisotopic (exact) mass is 271 g/mol. The molecule has 0 saturated heterocycles. The summed E-state index contributed by atoms with van der Waals surface area (Å²) in [7, 11) is 0. The average Bonchev–Trinajstić information content (AvgIpc) is 2.37. The summed E-state index contributed by atoms with van der Waals surface area (Å²) in [5.74, 6) is 0. The van der Waals surface area contributed by atoms with Gasteiger partial charge in [0, 0.05) is 5.56 Å². The van der Waals surface area contributed by atoms with Crippen LogP contribution >= 0.6 is 24.0 Å². The third-order valence-electron chi connectivity index (χ3n) is 2.63. The van der Waals surface area contributed by atoms with Gasteiger partial charge in [0.1, 0.15) is 4.75 Å². The van der Waals surface area contributed by atoms with Crippen LogP contribution in [0.3, 0.4) is 0 Å². The Hall–Kier alpha value is -1.37. The van der Waals surface area contributed by atoms with Crippen LogP contribution in [0.5, 0.6) is 0 Å². The Morgan fingerprint density at radius 3 is 2.56 bits per heavy atom. The fourth-order valence-corrected chi connectivity index (χ4v) is 3.31. The molecule has 2 aromatic carbocycles. The van der Waals surface area contributed by atoms with Crippen LogP contribution in [0.1, 0.15) is 19.4 Å². The van der Waals surface area contributed by atoms with Gasteiger partial charge >= 0.3 is 0 Å². The second kappa shape index (κ2) is 5.09. The molecule has 0 saturated carbocycles. The third-order valence-corrected chi connectivity index (χ3v) is 4.10. The van der Waals surface area contributed by atoms with Crippen molar-refractivity contribution in [2.75, 3.05) is 0 Å². The largest absolute Gasteiger partial charge is 0.197 e. The lowest BCUT2D eigenvalue weighted by atomic mass is 10.1. The van der Waals surface area contributed by atoms with E-state index in [1.165, 1.54) is 17.1 Å². The third kappa shape index (κ3) is 2.72. The van der Waals surface area contributed by atoms with Gasteiger partial charge in [0.2, 0.25) is 0 Å². The van der Waals surface area contributed by atoms with Crippen LogP contribution in [0.2, 0.25) is 0 Å². The number of nitriles is 1. The molecule has 0 N–H and O–H groups in total. The molecule has 0 amide bonds. The Labute approximate surface area is 117 Å². The van der Waals surface area contributed by atoms with Crippen LogP contribution in [-0.4, -0.2) is 8.94 Å². The minimum atomic E-state index is -0.492. The summed E-state index contributed by atoms with van der Waals surface area (Å²) >= 11 is 6.91. The maximum absolute atomic E-state index is 9.07. The van der Waals surface area contributed by atoms with E-state index in [0.29, 0.717) is 0 Å². The fourth-order valence-electron chi connectivity index (χ4n) is 1.71. The van der Waals surface area contributed by atoms with E-state index in [-0.39, 0.29) is 0 Å². The topological polar surface area (TPSA) is 23.8 Å². The van der Waals surface area contributed by atoms with E-state index in [4.69, 9.17) is 17.5 Å². The van der Waals surface area contributed by atoms with Crippen molar-refractivity contribution < 1.29 is 0 Å². The zero-order valence-electron chi connectivity index (χ0n) is 10.3. The first-order chi connectivity index (χ1) is 8.53. The lowest BCUT2D eigenvalue weighted by Gasteiger charge is -2.16. The molecule has 2 aromatic rings. The maximum Gasteiger partial charge on any atom is 0.102 e. The quantitative estimate of drug-likeness (QED) is 0.749. The van der Waals surface area contributed by atoms with Crippen LogP contribution in [0.25, 0.3) is 10.8 Å². The number of fused-ring (bicyclic) bond motifs is 1. The van der Waals surface area contributed by atoms with Crippen molar-refractivity contribution in [1.29, 1.82) is 5.26 Å². The van der Waals surface area contributed by atoms with Gasteiger partial charge in [-0.25, -0.2) is 0 Å². The van der Waals surface area contributed by atoms with Crippen molar-refractivity contribution in [3.8, 4) is 6.07 Å². The molecule has 0 aliphatic heterocycles. The molecule has 0 radical (unpaired) electrons. The van der Waals surface area contributed by atoms with Crippen molar-refractivity contribution >= 4 is 38.9 Å². The Morgan fingerprint density at radius 1 is 1.17 bits per heavy atom. The van der Waals surface area contributed by atoms with Gasteiger partial charge in [-0.1, -0.05) is 66.4 Å². The SMILES string of the molecule is CC(C)(C#N)SC(=S)c1cccc2ccccc12. The maximum atomic E-state index is 9.07. The Kier molecular flexibility index (Phi) is 3.70. The minimum absolute atomic E-state index is 0.492. The molecule has 0 bridgehead atoms. The summed E-state index contributed by atoms with van der Waals surface area (Å²) in [6, 6.07) is 16.5. The molecule has 0 spiro atoms. The van der Waals surface area contributed by atoms with E-state index in [0.717, 1.165) is 15.1 Å². The highest BCUT2D eigenvalue weighted by molar-refractivity contribution is 8.24. The number of benzene rings is 2. The highest BCUT2D eigenvalue weighted by atomic mass is 32.2. The zero-order valence-corrected chi connectivity index (χ0v) is 11.9. The van der Waals surface area contributed by atoms with Crippen LogP contribution in [0, 0.1) is 11.3 Å². The predicted octanol–water partition coefficient (Wildman–Crippen LogP) is 4.55. The summed E-state index contributed by atoms with van der Waals surface area (Å²) in [6.45, 7) is 3.77. The second-order valence-electron chi connectivity index (χ2n) is 4.54. The van der Waals surface area contributed by atoms with Crippen LogP contribution in [-0.2, 0) is 0 Å². The molecule has 0 atom stereocenters. The van der Waals surface area contributed by atoms with Gasteiger partial charge < -0.3 is 0 Å². The van der Waals surface area contributed by atoms with Crippen molar-refractivity contribution in [3.05, 3.63) is 48.0 Å². The van der Waals surface area contributed by atoms with Crippen molar-refractivity contribution in [2.45, 2.75) is 18.6 Å². The smallest absolute Gasteiger partial charge is 0.102 e. The molecular weight excluding hydrogens is 258 g/mol. The Bertz CT molecular complexity index is 633. The minimum Gasteiger partial charge on any atom is -0.197 e. The van der Waals surface area contributed by atoms with E-state index in [1.807, 2.05) is 38.1 Å². The van der Waals surface area contributed by atoms with E-state index >= 15 is 0 Å². The lowest BCUT2D eigenvalue weighted by Crippen LogP contribution is -2.14. The van der Waals surface area contributed by atoms with Crippen LogP contribution < -0.4 is 0 Å². The summed E-state index contributed by atoms with van der Waals surface area (Å²) in [5, 5.41) is 11.4. The molecule has 1 nitrogen and oxygen atoms in total. The average molecular weight is 271 g/mol. The predicted molar refractivity (Wildman–Crippen MR) is 82.9 cm³/mol. The number of rotatable bonds is 2. The number of hydrogen-bond acceptors (Lipinski definition) is 3. The van der Waals surface area contributed by atoms with E-state index in [1.54, 1.807) is 0 Å². The van der Waals surface area contributed by atoms with Gasteiger partial charge in [-0.15, -0.1) is 0 Å². The number of thioether (sulfide) groups is 1. The molecule has 90 valence electrons. The summed E-state index contributed by atoms with van der Waals surface area (Å²) in [5.41, 5.74) is 1.04. The van der Waals surface area contributed by atoms with E-state index < -0.39 is 4.75 Å². The molecule has 18 heavy (non-hydrogen) atoms. The Morgan fingerprint density at radius 2 is 1.83 bits per heavy atom. The van der Waals surface area contributed by atoms with Gasteiger partial charge in [-0.05, 0) is 24.6 Å². The summed E-state index contributed by atoms with van der Waals surface area (Å²) in [4.78, 5) is 0. The molecule has 0 fully saturated rings. The molecule has 0 aliphatic carbocycles. The van der Waals surface area contributed by atoms with Gasteiger partial charge in [0.25, 0.3) is 0 Å². The van der Waals surface area contributed by atoms with E-state index in [9.17, 15) is 0 Å². The second-order valence-corrected chi connectivity index (χ2v) is 6.84. The van der Waals surface area contributed by atoms with Crippen molar-refractivity contribution in [1.82, 2.24) is 0 Å². The van der Waals surface area contributed by atoms with Gasteiger partial charge in [0.05, 0.1) is 10.3 Å². The molecule has 3 heteroatoms. The molecule has 0 unspecified atom stereocenters. The van der Waals surface area contributed by atoms with Gasteiger partial charge in [-0.2, -0.15) is 5.26 Å². The van der Waals surface area contributed by atoms with Crippen molar-refractivity contribution in [2.24, 2.45) is 0 Å². The zero-order chi connectivity index (χ0) is 13.2. The van der Waals surface area contributed by atoms with E-state index in [2.05, 4.69) is 24.3 Å². The number of thiocarbonyl (C=S) groups is 1. The van der Waals surface area contributed by atoms with Crippen molar-refractivity contribution in [3.63, 3.8) is 0 Å². The first-order valence-electron chi connectivity index (χ1n) is 5.66. The highest BCUT2D eigenvalue weighted by Crippen LogP contribution is 2.31. The first kappa shape index (κ1) is 13.1. The highest BCUT2D eigenvalue weighted by Gasteiger charge is 2.21. The van der Waals surface area contributed by atoms with Crippen LogP contribution in [0.15, 0.2) is 42.5 Å². The molecule has 0 aliphatic rings. The first-order valence-corrected chi connectivity index (χ1v) is 6.88. The standard InChI is InChI=1S/C15H13NS2/c1-15(2,10-16)18-14(17)13-9-5-7-11-6-3-4-8-12(11)13/h3-9H,1-2H3. The fraction of sp³-hybridized carbons (Fsp3) is 0.200. The van der Waals surface area contributed by atoms with Gasteiger partial charge in [0.15, 0.2) is 0 Å². The molecule has 0 aromatic heterocycles.